The molecule has 0 spiro atoms. The van der Waals surface area contributed by atoms with E-state index in [1.165, 1.54) is 44.1 Å². The Balaban J connectivity index is 1.95. The summed E-state index contributed by atoms with van der Waals surface area (Å²) in [4.78, 5) is 0. The molecule has 0 aliphatic heterocycles. The van der Waals surface area contributed by atoms with Gasteiger partial charge in [0, 0.05) is 5.71 Å². The smallest absolute Gasteiger partial charge is 0.184 e. The molecule has 0 radical (unpaired) electrons. The van der Waals surface area contributed by atoms with Crippen LogP contribution in [-0.2, 0) is 0 Å². The van der Waals surface area contributed by atoms with Gasteiger partial charge in [-0.05, 0) is 101 Å². The Morgan fingerprint density at radius 1 is 1.29 bits per heavy atom. The first-order chi connectivity index (χ1) is 13.1. The Labute approximate surface area is 178 Å². The minimum atomic E-state index is 0.222. The Morgan fingerprint density at radius 3 is 2.68 bits per heavy atom. The van der Waals surface area contributed by atoms with E-state index in [0.29, 0.717) is 10.8 Å². The van der Waals surface area contributed by atoms with E-state index in [1.54, 1.807) is 5.57 Å². The number of hydrogen-bond donors (Lipinski definition) is 2. The summed E-state index contributed by atoms with van der Waals surface area (Å²) in [5, 5.41) is 4.40. The maximum Gasteiger partial charge on any atom is 0.184 e. The number of rotatable bonds is 7. The summed E-state index contributed by atoms with van der Waals surface area (Å²) in [6.07, 6.45) is 14.8. The molecule has 4 heteroatoms. The van der Waals surface area contributed by atoms with Gasteiger partial charge in [-0.1, -0.05) is 50.5 Å². The molecule has 0 saturated heterocycles. The Kier molecular flexibility index (Phi) is 7.89. The van der Waals surface area contributed by atoms with Gasteiger partial charge in [0.2, 0.25) is 0 Å². The first-order valence-corrected chi connectivity index (χ1v) is 11.4. The van der Waals surface area contributed by atoms with Gasteiger partial charge in [-0.2, -0.15) is 5.10 Å². The van der Waals surface area contributed by atoms with Crippen molar-refractivity contribution in [3.63, 3.8) is 0 Å². The molecular formula is C24H41N3S. The fraction of sp³-hybridized carbons (Fsp3) is 0.750. The van der Waals surface area contributed by atoms with Crippen molar-refractivity contribution in [1.29, 1.82) is 0 Å². The van der Waals surface area contributed by atoms with Gasteiger partial charge in [0.25, 0.3) is 0 Å². The molecule has 3 unspecified atom stereocenters. The zero-order valence-corrected chi connectivity index (χ0v) is 19.7. The molecule has 0 bridgehead atoms. The standard InChI is InChI=1S/C24H41N3S/c1-17(9-7-10-19(3)26-27-22(25)28)11-13-20-18(2)12-14-21-23(4,5)15-8-16-24(20,21)6/h9,12,20-21H,7-8,10-11,13-16H2,1-6H3,(H3,25,27,28)/b17-9-,26-19+. The predicted molar refractivity (Wildman–Crippen MR) is 126 cm³/mol. The molecular weight excluding hydrogens is 362 g/mol. The third kappa shape index (κ3) is 5.68. The van der Waals surface area contributed by atoms with Crippen molar-refractivity contribution in [2.45, 2.75) is 92.9 Å². The average Bonchev–Trinajstić information content (AvgIpc) is 2.58. The first-order valence-electron chi connectivity index (χ1n) is 11.0. The topological polar surface area (TPSA) is 50.4 Å². The summed E-state index contributed by atoms with van der Waals surface area (Å²) in [6.45, 7) is 14.3. The fourth-order valence-corrected chi connectivity index (χ4v) is 5.95. The summed E-state index contributed by atoms with van der Waals surface area (Å²) in [5.74, 6) is 1.55. The van der Waals surface area contributed by atoms with Crippen LogP contribution in [-0.4, -0.2) is 10.8 Å². The van der Waals surface area contributed by atoms with Crippen LogP contribution in [0.15, 0.2) is 28.4 Å². The maximum atomic E-state index is 5.41. The molecule has 1 fully saturated rings. The second-order valence-corrected chi connectivity index (χ2v) is 10.5. The number of allylic oxidation sites excluding steroid dienone is 4. The monoisotopic (exact) mass is 403 g/mol. The summed E-state index contributed by atoms with van der Waals surface area (Å²) < 4.78 is 0. The quantitative estimate of drug-likeness (QED) is 0.221. The first kappa shape index (κ1) is 23.1. The molecule has 158 valence electrons. The number of nitrogens with one attached hydrogen (secondary N) is 1. The Bertz CT molecular complexity index is 659. The van der Waals surface area contributed by atoms with Crippen LogP contribution in [0.1, 0.15) is 92.9 Å². The van der Waals surface area contributed by atoms with Crippen LogP contribution in [0.3, 0.4) is 0 Å². The number of fused-ring (bicyclic) bond motifs is 1. The van der Waals surface area contributed by atoms with Crippen LogP contribution < -0.4 is 11.2 Å². The van der Waals surface area contributed by atoms with Crippen molar-refractivity contribution in [2.24, 2.45) is 33.5 Å². The molecule has 0 aromatic rings. The summed E-state index contributed by atoms with van der Waals surface area (Å²) in [5.41, 5.74) is 13.2. The third-order valence-electron chi connectivity index (χ3n) is 7.48. The largest absolute Gasteiger partial charge is 0.375 e. The highest BCUT2D eigenvalue weighted by Crippen LogP contribution is 2.60. The molecule has 3 N–H and O–H groups in total. The van der Waals surface area contributed by atoms with Gasteiger partial charge in [0.1, 0.15) is 0 Å². The lowest BCUT2D eigenvalue weighted by Gasteiger charge is -2.57. The van der Waals surface area contributed by atoms with Crippen molar-refractivity contribution >= 4 is 23.0 Å². The molecule has 2 aliphatic rings. The van der Waals surface area contributed by atoms with Gasteiger partial charge < -0.3 is 5.73 Å². The molecule has 2 rings (SSSR count). The molecule has 3 nitrogen and oxygen atoms in total. The van der Waals surface area contributed by atoms with E-state index in [-0.39, 0.29) is 5.11 Å². The summed E-state index contributed by atoms with van der Waals surface area (Å²) in [6, 6.07) is 0. The van der Waals surface area contributed by atoms with Gasteiger partial charge in [-0.3, -0.25) is 5.43 Å². The van der Waals surface area contributed by atoms with E-state index in [4.69, 9.17) is 18.0 Å². The second kappa shape index (κ2) is 9.56. The normalized spacial score (nSPS) is 30.4. The van der Waals surface area contributed by atoms with Crippen molar-refractivity contribution in [1.82, 2.24) is 5.43 Å². The van der Waals surface area contributed by atoms with E-state index < -0.39 is 0 Å². The predicted octanol–water partition coefficient (Wildman–Crippen LogP) is 6.50. The van der Waals surface area contributed by atoms with Crippen LogP contribution in [0, 0.1) is 22.7 Å². The van der Waals surface area contributed by atoms with E-state index >= 15 is 0 Å². The van der Waals surface area contributed by atoms with Crippen LogP contribution in [0.4, 0.5) is 0 Å². The number of hydrazone groups is 1. The Hall–Kier alpha value is -1.16. The molecule has 0 heterocycles. The van der Waals surface area contributed by atoms with Crippen LogP contribution in [0.5, 0.6) is 0 Å². The summed E-state index contributed by atoms with van der Waals surface area (Å²) in [7, 11) is 0. The number of thiocarbonyl (C=S) groups is 1. The lowest BCUT2D eigenvalue weighted by atomic mass is 9.48. The number of nitrogens with zero attached hydrogens (tertiary/aromatic N) is 1. The van der Waals surface area contributed by atoms with E-state index in [1.807, 2.05) is 6.92 Å². The van der Waals surface area contributed by atoms with Crippen molar-refractivity contribution in [3.8, 4) is 0 Å². The molecule has 0 aromatic carbocycles. The lowest BCUT2D eigenvalue weighted by Crippen LogP contribution is -2.48. The molecule has 28 heavy (non-hydrogen) atoms. The second-order valence-electron chi connectivity index (χ2n) is 10.1. The highest BCUT2D eigenvalue weighted by atomic mass is 32.1. The number of hydrogen-bond acceptors (Lipinski definition) is 2. The van der Waals surface area contributed by atoms with E-state index in [2.05, 4.69) is 57.3 Å². The van der Waals surface area contributed by atoms with Gasteiger partial charge in [0.15, 0.2) is 5.11 Å². The molecule has 1 saturated carbocycles. The average molecular weight is 404 g/mol. The minimum absolute atomic E-state index is 0.222. The lowest BCUT2D eigenvalue weighted by molar-refractivity contribution is -0.0390. The summed E-state index contributed by atoms with van der Waals surface area (Å²) >= 11 is 4.78. The van der Waals surface area contributed by atoms with Gasteiger partial charge in [-0.25, -0.2) is 0 Å². The third-order valence-corrected chi connectivity index (χ3v) is 7.57. The number of nitrogens with two attached hydrogens (primary N) is 1. The van der Waals surface area contributed by atoms with Crippen LogP contribution in [0.2, 0.25) is 0 Å². The van der Waals surface area contributed by atoms with Crippen LogP contribution >= 0.6 is 12.2 Å². The molecule has 3 atom stereocenters. The molecule has 0 amide bonds. The van der Waals surface area contributed by atoms with E-state index in [9.17, 15) is 0 Å². The maximum absolute atomic E-state index is 5.41. The van der Waals surface area contributed by atoms with Crippen molar-refractivity contribution in [3.05, 3.63) is 23.3 Å². The highest BCUT2D eigenvalue weighted by molar-refractivity contribution is 7.80. The highest BCUT2D eigenvalue weighted by Gasteiger charge is 2.51. The zero-order valence-electron chi connectivity index (χ0n) is 18.9. The molecule has 2 aliphatic carbocycles. The van der Waals surface area contributed by atoms with Gasteiger partial charge >= 0.3 is 0 Å². The SMILES string of the molecule is CC1=CCC2C(C)(C)CCCC2(C)C1CC/C(C)=C\CC/C(C)=N/NC(N)=S. The molecule has 0 aromatic heterocycles. The van der Waals surface area contributed by atoms with Crippen molar-refractivity contribution in [2.75, 3.05) is 0 Å². The van der Waals surface area contributed by atoms with Crippen molar-refractivity contribution < 1.29 is 0 Å². The fourth-order valence-electron chi connectivity index (χ4n) is 5.90. The minimum Gasteiger partial charge on any atom is -0.375 e. The zero-order chi connectivity index (χ0) is 20.9. The van der Waals surface area contributed by atoms with Gasteiger partial charge in [-0.15, -0.1) is 0 Å². The van der Waals surface area contributed by atoms with E-state index in [0.717, 1.165) is 30.4 Å². The van der Waals surface area contributed by atoms with Crippen LogP contribution in [0.25, 0.3) is 0 Å². The van der Waals surface area contributed by atoms with Gasteiger partial charge in [0.05, 0.1) is 0 Å². The Morgan fingerprint density at radius 2 is 2.00 bits per heavy atom.